The van der Waals surface area contributed by atoms with Crippen LogP contribution < -0.4 is 5.56 Å². The third kappa shape index (κ3) is 2.43. The number of halogens is 1. The molecule has 0 saturated carbocycles. The zero-order valence-electron chi connectivity index (χ0n) is 13.8. The van der Waals surface area contributed by atoms with Gasteiger partial charge in [-0.15, -0.1) is 0 Å². The first-order chi connectivity index (χ1) is 12.1. The lowest BCUT2D eigenvalue weighted by Gasteiger charge is -2.35. The van der Waals surface area contributed by atoms with E-state index in [1.807, 2.05) is 13.0 Å². The van der Waals surface area contributed by atoms with E-state index in [-0.39, 0.29) is 23.3 Å². The van der Waals surface area contributed by atoms with Gasteiger partial charge in [0, 0.05) is 29.1 Å². The lowest BCUT2D eigenvalue weighted by molar-refractivity contribution is 0.0675. The molecule has 2 aromatic carbocycles. The van der Waals surface area contributed by atoms with Crippen molar-refractivity contribution in [1.29, 1.82) is 0 Å². The Morgan fingerprint density at radius 1 is 1.16 bits per heavy atom. The number of nitrogens with zero attached hydrogens (tertiary/aromatic N) is 1. The molecular formula is C20H17FN2O2. The Kier molecular flexibility index (Phi) is 3.64. The van der Waals surface area contributed by atoms with E-state index >= 15 is 0 Å². The summed E-state index contributed by atoms with van der Waals surface area (Å²) >= 11 is 0. The van der Waals surface area contributed by atoms with Gasteiger partial charge < -0.3 is 9.88 Å². The van der Waals surface area contributed by atoms with Crippen LogP contribution in [0.4, 0.5) is 4.39 Å². The molecule has 3 aromatic rings. The maximum absolute atomic E-state index is 14.3. The van der Waals surface area contributed by atoms with E-state index in [2.05, 4.69) is 4.98 Å². The van der Waals surface area contributed by atoms with Crippen LogP contribution in [0.3, 0.4) is 0 Å². The number of pyridine rings is 1. The Bertz CT molecular complexity index is 1040. The van der Waals surface area contributed by atoms with Gasteiger partial charge in [0.15, 0.2) is 0 Å². The minimum Gasteiger partial charge on any atom is -0.331 e. The second kappa shape index (κ2) is 5.84. The Hall–Kier alpha value is -2.95. The van der Waals surface area contributed by atoms with Crippen LogP contribution in [-0.4, -0.2) is 22.3 Å². The molecule has 5 heteroatoms. The molecule has 4 rings (SSSR count). The number of rotatable bonds is 1. The van der Waals surface area contributed by atoms with E-state index in [1.165, 1.54) is 12.3 Å². The monoisotopic (exact) mass is 336 g/mol. The van der Waals surface area contributed by atoms with Crippen molar-refractivity contribution in [2.45, 2.75) is 19.4 Å². The fraction of sp³-hybridized carbons (Fsp3) is 0.200. The van der Waals surface area contributed by atoms with E-state index in [4.69, 9.17) is 0 Å². The number of hydrogen-bond acceptors (Lipinski definition) is 2. The van der Waals surface area contributed by atoms with Gasteiger partial charge in [0.05, 0.1) is 11.6 Å². The molecule has 1 unspecified atom stereocenters. The number of H-pyrrole nitrogens is 1. The summed E-state index contributed by atoms with van der Waals surface area (Å²) in [7, 11) is 0. The summed E-state index contributed by atoms with van der Waals surface area (Å²) in [5, 5.41) is 1.09. The van der Waals surface area contributed by atoms with Gasteiger partial charge in [-0.25, -0.2) is 4.39 Å². The highest BCUT2D eigenvalue weighted by Crippen LogP contribution is 2.33. The SMILES string of the molecule is CC1c2c(F)cccc2CCN1C(=O)c1c[nH]c(=O)c2ccccc12. The van der Waals surface area contributed by atoms with Gasteiger partial charge >= 0.3 is 0 Å². The first-order valence-corrected chi connectivity index (χ1v) is 8.26. The van der Waals surface area contributed by atoms with Gasteiger partial charge in [-0.05, 0) is 31.0 Å². The lowest BCUT2D eigenvalue weighted by Crippen LogP contribution is -2.39. The van der Waals surface area contributed by atoms with Crippen LogP contribution in [0.25, 0.3) is 10.8 Å². The largest absolute Gasteiger partial charge is 0.331 e. The molecule has 0 radical (unpaired) electrons. The predicted molar refractivity (Wildman–Crippen MR) is 94.1 cm³/mol. The molecule has 0 spiro atoms. The number of aromatic nitrogens is 1. The Balaban J connectivity index is 1.79. The van der Waals surface area contributed by atoms with E-state index in [9.17, 15) is 14.0 Å². The molecular weight excluding hydrogens is 319 g/mol. The van der Waals surface area contributed by atoms with Gasteiger partial charge in [-0.1, -0.05) is 30.3 Å². The van der Waals surface area contributed by atoms with Crippen LogP contribution in [0.2, 0.25) is 0 Å². The molecule has 1 aliphatic heterocycles. The van der Waals surface area contributed by atoms with Crippen molar-refractivity contribution in [3.63, 3.8) is 0 Å². The highest BCUT2D eigenvalue weighted by atomic mass is 19.1. The summed E-state index contributed by atoms with van der Waals surface area (Å²) in [5.41, 5.74) is 1.73. The van der Waals surface area contributed by atoms with E-state index in [0.29, 0.717) is 34.9 Å². The van der Waals surface area contributed by atoms with Crippen molar-refractivity contribution in [1.82, 2.24) is 9.88 Å². The standard InChI is InChI=1S/C20H17FN2O2/c1-12-18-13(5-4-8-17(18)21)9-10-23(12)20(25)16-11-22-19(24)15-7-3-2-6-14(15)16/h2-8,11-12H,9-10H2,1H3,(H,22,24). The van der Waals surface area contributed by atoms with Crippen LogP contribution in [0, 0.1) is 5.82 Å². The van der Waals surface area contributed by atoms with E-state index < -0.39 is 0 Å². The molecule has 0 saturated heterocycles. The minimum absolute atomic E-state index is 0.200. The van der Waals surface area contributed by atoms with Crippen LogP contribution in [0.15, 0.2) is 53.5 Å². The average Bonchev–Trinajstić information content (AvgIpc) is 2.62. The number of carbonyl (C=O) groups excluding carboxylic acids is 1. The van der Waals surface area contributed by atoms with Crippen LogP contribution in [-0.2, 0) is 6.42 Å². The van der Waals surface area contributed by atoms with Crippen molar-refractivity contribution in [3.05, 3.63) is 81.5 Å². The Morgan fingerprint density at radius 2 is 1.92 bits per heavy atom. The number of fused-ring (bicyclic) bond motifs is 2. The molecule has 4 nitrogen and oxygen atoms in total. The molecule has 1 aromatic heterocycles. The molecule has 1 N–H and O–H groups in total. The smallest absolute Gasteiger partial charge is 0.256 e. The molecule has 0 aliphatic carbocycles. The van der Waals surface area contributed by atoms with Crippen molar-refractivity contribution in [2.24, 2.45) is 0 Å². The number of hydrogen-bond donors (Lipinski definition) is 1. The summed E-state index contributed by atoms with van der Waals surface area (Å²) in [6, 6.07) is 11.7. The molecule has 126 valence electrons. The number of nitrogens with one attached hydrogen (secondary N) is 1. The van der Waals surface area contributed by atoms with Crippen LogP contribution in [0.1, 0.15) is 34.5 Å². The topological polar surface area (TPSA) is 53.2 Å². The fourth-order valence-corrected chi connectivity index (χ4v) is 3.68. The van der Waals surface area contributed by atoms with E-state index in [1.54, 1.807) is 35.2 Å². The lowest BCUT2D eigenvalue weighted by atomic mass is 9.92. The zero-order valence-corrected chi connectivity index (χ0v) is 13.8. The maximum Gasteiger partial charge on any atom is 0.256 e. The number of amides is 1. The van der Waals surface area contributed by atoms with Crippen LogP contribution in [0.5, 0.6) is 0 Å². The maximum atomic E-state index is 14.3. The predicted octanol–water partition coefficient (Wildman–Crippen LogP) is 3.43. The Labute approximate surface area is 143 Å². The summed E-state index contributed by atoms with van der Waals surface area (Å²) in [4.78, 5) is 29.4. The molecule has 2 heterocycles. The second-order valence-electron chi connectivity index (χ2n) is 6.31. The van der Waals surface area contributed by atoms with Gasteiger partial charge in [0.2, 0.25) is 0 Å². The number of carbonyl (C=O) groups is 1. The Morgan fingerprint density at radius 3 is 2.72 bits per heavy atom. The molecule has 0 fully saturated rings. The number of benzene rings is 2. The van der Waals surface area contributed by atoms with Crippen molar-refractivity contribution >= 4 is 16.7 Å². The molecule has 25 heavy (non-hydrogen) atoms. The quantitative estimate of drug-likeness (QED) is 0.740. The fourth-order valence-electron chi connectivity index (χ4n) is 3.68. The van der Waals surface area contributed by atoms with Crippen LogP contribution >= 0.6 is 0 Å². The molecule has 1 atom stereocenters. The third-order valence-electron chi connectivity index (χ3n) is 4.95. The van der Waals surface area contributed by atoms with Gasteiger partial charge in [-0.3, -0.25) is 9.59 Å². The number of aromatic amines is 1. The zero-order chi connectivity index (χ0) is 17.6. The molecule has 1 aliphatic rings. The van der Waals surface area contributed by atoms with E-state index in [0.717, 1.165) is 5.56 Å². The first kappa shape index (κ1) is 15.6. The molecule has 0 bridgehead atoms. The average molecular weight is 336 g/mol. The highest BCUT2D eigenvalue weighted by Gasteiger charge is 2.31. The third-order valence-corrected chi connectivity index (χ3v) is 4.95. The van der Waals surface area contributed by atoms with Gasteiger partial charge in [0.1, 0.15) is 5.82 Å². The summed E-state index contributed by atoms with van der Waals surface area (Å²) in [6.45, 7) is 2.36. The summed E-state index contributed by atoms with van der Waals surface area (Å²) in [5.74, 6) is -0.484. The van der Waals surface area contributed by atoms with Crippen molar-refractivity contribution in [2.75, 3.05) is 6.54 Å². The second-order valence-corrected chi connectivity index (χ2v) is 6.31. The van der Waals surface area contributed by atoms with Gasteiger partial charge in [0.25, 0.3) is 11.5 Å². The molecule has 1 amide bonds. The van der Waals surface area contributed by atoms with Crippen molar-refractivity contribution in [3.8, 4) is 0 Å². The van der Waals surface area contributed by atoms with Gasteiger partial charge in [-0.2, -0.15) is 0 Å². The summed E-state index contributed by atoms with van der Waals surface area (Å²) < 4.78 is 14.3. The first-order valence-electron chi connectivity index (χ1n) is 8.26. The highest BCUT2D eigenvalue weighted by molar-refractivity contribution is 6.06. The normalized spacial score (nSPS) is 16.7. The van der Waals surface area contributed by atoms with Crippen molar-refractivity contribution < 1.29 is 9.18 Å². The summed E-state index contributed by atoms with van der Waals surface area (Å²) in [6.07, 6.45) is 2.07. The minimum atomic E-state index is -0.358.